The Labute approximate surface area is 170 Å². The van der Waals surface area contributed by atoms with Crippen LogP contribution in [0.25, 0.3) is 16.6 Å². The van der Waals surface area contributed by atoms with Crippen LogP contribution in [0.1, 0.15) is 24.0 Å². The maximum absolute atomic E-state index is 5.55. The van der Waals surface area contributed by atoms with Crippen LogP contribution in [0, 0.1) is 13.8 Å². The van der Waals surface area contributed by atoms with Gasteiger partial charge >= 0.3 is 0 Å². The number of aryl methyl sites for hydroxylation is 2. The molecule has 0 N–H and O–H groups in total. The van der Waals surface area contributed by atoms with Crippen molar-refractivity contribution in [1.82, 2.24) is 25.0 Å². The van der Waals surface area contributed by atoms with Gasteiger partial charge in [-0.1, -0.05) is 6.07 Å². The lowest BCUT2D eigenvalue weighted by atomic mass is 10.2. The van der Waals surface area contributed by atoms with E-state index in [0.29, 0.717) is 13.2 Å². The van der Waals surface area contributed by atoms with Crippen molar-refractivity contribution in [3.05, 3.63) is 65.7 Å². The third-order valence-electron chi connectivity index (χ3n) is 4.86. The van der Waals surface area contributed by atoms with E-state index in [-0.39, 0.29) is 0 Å². The van der Waals surface area contributed by atoms with Crippen LogP contribution in [0.4, 0.5) is 5.82 Å². The molecule has 0 saturated heterocycles. The second-order valence-electron chi connectivity index (χ2n) is 6.93. The molecular formula is C22H24N6O. The van der Waals surface area contributed by atoms with Gasteiger partial charge < -0.3 is 9.64 Å². The number of hydrogen-bond acceptors (Lipinski definition) is 6. The van der Waals surface area contributed by atoms with Crippen LogP contribution < -0.4 is 9.64 Å². The fraction of sp³-hybridized carbons (Fsp3) is 0.273. The number of fused-ring (bicyclic) bond motifs is 1. The molecule has 0 unspecified atom stereocenters. The summed E-state index contributed by atoms with van der Waals surface area (Å²) in [6.07, 6.45) is 1.80. The van der Waals surface area contributed by atoms with Gasteiger partial charge in [0.15, 0.2) is 5.82 Å². The van der Waals surface area contributed by atoms with E-state index in [0.717, 1.165) is 45.2 Å². The molecule has 0 bridgehead atoms. The predicted octanol–water partition coefficient (Wildman–Crippen LogP) is 3.86. The van der Waals surface area contributed by atoms with Gasteiger partial charge in [-0.05, 0) is 57.2 Å². The van der Waals surface area contributed by atoms with Crippen molar-refractivity contribution in [2.24, 2.45) is 0 Å². The molecule has 0 saturated carbocycles. The minimum Gasteiger partial charge on any atom is -0.494 e. The molecule has 4 rings (SSSR count). The first-order chi connectivity index (χ1) is 14.1. The van der Waals surface area contributed by atoms with E-state index in [1.807, 2.05) is 72.9 Å². The Morgan fingerprint density at radius 2 is 1.83 bits per heavy atom. The van der Waals surface area contributed by atoms with Gasteiger partial charge in [0.05, 0.1) is 41.3 Å². The lowest BCUT2D eigenvalue weighted by Gasteiger charge is -2.17. The van der Waals surface area contributed by atoms with Crippen LogP contribution in [0.3, 0.4) is 0 Å². The lowest BCUT2D eigenvalue weighted by Crippen LogP contribution is -2.19. The predicted molar refractivity (Wildman–Crippen MR) is 114 cm³/mol. The molecule has 3 heterocycles. The van der Waals surface area contributed by atoms with E-state index in [2.05, 4.69) is 22.1 Å². The number of aromatic nitrogens is 5. The lowest BCUT2D eigenvalue weighted by molar-refractivity contribution is 0.340. The maximum atomic E-state index is 5.55. The highest BCUT2D eigenvalue weighted by molar-refractivity contribution is 5.92. The van der Waals surface area contributed by atoms with Crippen LogP contribution in [0.5, 0.6) is 5.75 Å². The van der Waals surface area contributed by atoms with Crippen molar-refractivity contribution in [1.29, 1.82) is 0 Å². The fourth-order valence-corrected chi connectivity index (χ4v) is 3.48. The molecule has 4 aromatic rings. The molecular weight excluding hydrogens is 364 g/mol. The highest BCUT2D eigenvalue weighted by Gasteiger charge is 2.19. The Morgan fingerprint density at radius 1 is 1.03 bits per heavy atom. The van der Waals surface area contributed by atoms with E-state index >= 15 is 0 Å². The topological polar surface area (TPSA) is 69.0 Å². The summed E-state index contributed by atoms with van der Waals surface area (Å²) < 4.78 is 7.49. The van der Waals surface area contributed by atoms with Gasteiger partial charge in [0.2, 0.25) is 0 Å². The van der Waals surface area contributed by atoms with Crippen LogP contribution in [-0.2, 0) is 6.54 Å². The molecule has 0 aliphatic carbocycles. The van der Waals surface area contributed by atoms with E-state index < -0.39 is 0 Å². The number of hydrogen-bond donors (Lipinski definition) is 0. The van der Waals surface area contributed by atoms with Gasteiger partial charge in [-0.25, -0.2) is 4.68 Å². The summed E-state index contributed by atoms with van der Waals surface area (Å²) in [6, 6.07) is 13.8. The number of ether oxygens (including phenoxy) is 1. The molecule has 29 heavy (non-hydrogen) atoms. The van der Waals surface area contributed by atoms with Crippen molar-refractivity contribution in [3.63, 3.8) is 0 Å². The molecule has 1 aromatic carbocycles. The van der Waals surface area contributed by atoms with Crippen molar-refractivity contribution in [2.75, 3.05) is 18.6 Å². The standard InChI is InChI=1S/C22H24N6O/c1-5-29-19-11-9-18(10-12-19)28-16(3)20-15(2)24-25-22(21(20)26-28)27(4)14-17-8-6-7-13-23-17/h6-13H,5,14H2,1-4H3. The van der Waals surface area contributed by atoms with Gasteiger partial charge in [-0.15, -0.1) is 5.10 Å². The Hall–Kier alpha value is -3.48. The van der Waals surface area contributed by atoms with Gasteiger partial charge in [0.1, 0.15) is 11.3 Å². The van der Waals surface area contributed by atoms with Gasteiger partial charge in [0.25, 0.3) is 0 Å². The molecule has 148 valence electrons. The Morgan fingerprint density at radius 3 is 2.52 bits per heavy atom. The van der Waals surface area contributed by atoms with Crippen LogP contribution >= 0.6 is 0 Å². The van der Waals surface area contributed by atoms with E-state index in [9.17, 15) is 0 Å². The fourth-order valence-electron chi connectivity index (χ4n) is 3.48. The monoisotopic (exact) mass is 388 g/mol. The number of nitrogens with zero attached hydrogens (tertiary/aromatic N) is 6. The quantitative estimate of drug-likeness (QED) is 0.500. The van der Waals surface area contributed by atoms with Gasteiger partial charge in [-0.2, -0.15) is 10.2 Å². The van der Waals surface area contributed by atoms with E-state index in [4.69, 9.17) is 9.84 Å². The smallest absolute Gasteiger partial charge is 0.179 e. The van der Waals surface area contributed by atoms with Crippen molar-refractivity contribution < 1.29 is 4.74 Å². The van der Waals surface area contributed by atoms with Crippen LogP contribution in [-0.4, -0.2) is 38.6 Å². The van der Waals surface area contributed by atoms with Gasteiger partial charge in [-0.3, -0.25) is 4.98 Å². The normalized spacial score (nSPS) is 11.0. The number of benzene rings is 1. The average Bonchev–Trinajstić information content (AvgIpc) is 3.08. The third-order valence-corrected chi connectivity index (χ3v) is 4.86. The molecule has 0 aliphatic rings. The molecule has 0 radical (unpaired) electrons. The van der Waals surface area contributed by atoms with E-state index in [1.165, 1.54) is 0 Å². The number of anilines is 1. The molecule has 0 atom stereocenters. The summed E-state index contributed by atoms with van der Waals surface area (Å²) in [4.78, 5) is 6.44. The third kappa shape index (κ3) is 3.63. The highest BCUT2D eigenvalue weighted by atomic mass is 16.5. The first-order valence-electron chi connectivity index (χ1n) is 9.65. The molecule has 0 amide bonds. The zero-order chi connectivity index (χ0) is 20.4. The molecule has 7 nitrogen and oxygen atoms in total. The zero-order valence-electron chi connectivity index (χ0n) is 17.1. The molecule has 0 spiro atoms. The Balaban J connectivity index is 1.76. The summed E-state index contributed by atoms with van der Waals surface area (Å²) in [7, 11) is 1.98. The largest absolute Gasteiger partial charge is 0.494 e. The minimum atomic E-state index is 0.628. The van der Waals surface area contributed by atoms with Crippen molar-refractivity contribution in [2.45, 2.75) is 27.3 Å². The Bertz CT molecular complexity index is 1120. The zero-order valence-corrected chi connectivity index (χ0v) is 17.1. The highest BCUT2D eigenvalue weighted by Crippen LogP contribution is 2.29. The van der Waals surface area contributed by atoms with Crippen molar-refractivity contribution in [3.8, 4) is 11.4 Å². The summed E-state index contributed by atoms with van der Waals surface area (Å²) in [5, 5.41) is 14.7. The first kappa shape index (κ1) is 18.9. The SMILES string of the molecule is CCOc1ccc(-n2nc3c(N(C)Cc4ccccn4)nnc(C)c3c2C)cc1. The molecule has 0 aliphatic heterocycles. The summed E-state index contributed by atoms with van der Waals surface area (Å²) in [6.45, 7) is 7.28. The second-order valence-corrected chi connectivity index (χ2v) is 6.93. The molecule has 0 fully saturated rings. The van der Waals surface area contributed by atoms with E-state index in [1.54, 1.807) is 6.20 Å². The maximum Gasteiger partial charge on any atom is 0.179 e. The van der Waals surface area contributed by atoms with Crippen LogP contribution in [0.2, 0.25) is 0 Å². The van der Waals surface area contributed by atoms with Gasteiger partial charge in [0, 0.05) is 13.2 Å². The summed E-state index contributed by atoms with van der Waals surface area (Å²) in [5.74, 6) is 1.59. The Kier molecular flexibility index (Phi) is 5.12. The number of pyridine rings is 1. The van der Waals surface area contributed by atoms with Crippen LogP contribution in [0.15, 0.2) is 48.7 Å². The van der Waals surface area contributed by atoms with Crippen molar-refractivity contribution >= 4 is 16.7 Å². The molecule has 7 heteroatoms. The minimum absolute atomic E-state index is 0.628. The average molecular weight is 388 g/mol. The molecule has 3 aromatic heterocycles. The first-order valence-corrected chi connectivity index (χ1v) is 9.65. The number of rotatable bonds is 6. The summed E-state index contributed by atoms with van der Waals surface area (Å²) in [5.41, 5.74) is 4.67. The second kappa shape index (κ2) is 7.87. The summed E-state index contributed by atoms with van der Waals surface area (Å²) >= 11 is 0.